The first-order valence-electron chi connectivity index (χ1n) is 3.96. The van der Waals surface area contributed by atoms with Crippen molar-refractivity contribution < 1.29 is 14.9 Å². The van der Waals surface area contributed by atoms with Gasteiger partial charge in [0.25, 0.3) is 0 Å². The van der Waals surface area contributed by atoms with Crippen molar-refractivity contribution >= 4 is 0 Å². The van der Waals surface area contributed by atoms with Crippen LogP contribution in [0.4, 0.5) is 0 Å². The number of ether oxygens (including phenoxy) is 1. The predicted molar refractivity (Wildman–Crippen MR) is 43.1 cm³/mol. The lowest BCUT2D eigenvalue weighted by molar-refractivity contribution is -0.111. The van der Waals surface area contributed by atoms with Gasteiger partial charge in [0.05, 0.1) is 6.10 Å². The molecular formula is C8H18O3. The smallest absolute Gasteiger partial charge is 0.156 e. The highest BCUT2D eigenvalue weighted by atomic mass is 16.6. The first kappa shape index (κ1) is 10.9. The molecule has 0 bridgehead atoms. The molecule has 0 aromatic rings. The molecule has 0 aromatic heterocycles. The summed E-state index contributed by atoms with van der Waals surface area (Å²) in [5.41, 5.74) is 0. The van der Waals surface area contributed by atoms with Gasteiger partial charge in [-0.15, -0.1) is 0 Å². The third-order valence-electron chi connectivity index (χ3n) is 1.77. The van der Waals surface area contributed by atoms with Crippen molar-refractivity contribution in [1.82, 2.24) is 0 Å². The SMILES string of the molecule is COC(O)C(C)CCC(C)O. The molecular weight excluding hydrogens is 144 g/mol. The molecule has 0 fully saturated rings. The molecule has 0 aromatic carbocycles. The maximum Gasteiger partial charge on any atom is 0.156 e. The Bertz CT molecular complexity index is 93.3. The van der Waals surface area contributed by atoms with Gasteiger partial charge in [0, 0.05) is 13.0 Å². The number of hydrogen-bond acceptors (Lipinski definition) is 3. The second kappa shape index (κ2) is 5.52. The van der Waals surface area contributed by atoms with Crippen molar-refractivity contribution in [2.75, 3.05) is 7.11 Å². The lowest BCUT2D eigenvalue weighted by Crippen LogP contribution is -2.20. The third-order valence-corrected chi connectivity index (χ3v) is 1.77. The van der Waals surface area contributed by atoms with Crippen molar-refractivity contribution in [3.8, 4) is 0 Å². The Kier molecular flexibility index (Phi) is 5.46. The molecule has 0 aliphatic heterocycles. The second-order valence-corrected chi connectivity index (χ2v) is 3.03. The summed E-state index contributed by atoms with van der Waals surface area (Å²) in [5.74, 6) is 0.0922. The number of aliphatic hydroxyl groups excluding tert-OH is 2. The van der Waals surface area contributed by atoms with Crippen LogP contribution in [-0.2, 0) is 4.74 Å². The van der Waals surface area contributed by atoms with E-state index in [2.05, 4.69) is 0 Å². The zero-order valence-electron chi connectivity index (χ0n) is 7.45. The zero-order valence-corrected chi connectivity index (χ0v) is 7.45. The van der Waals surface area contributed by atoms with E-state index in [0.717, 1.165) is 6.42 Å². The first-order chi connectivity index (χ1) is 5.07. The van der Waals surface area contributed by atoms with E-state index in [0.29, 0.717) is 6.42 Å². The Morgan fingerprint density at radius 2 is 1.73 bits per heavy atom. The third kappa shape index (κ3) is 5.18. The number of aliphatic hydroxyl groups is 2. The average Bonchev–Trinajstić information content (AvgIpc) is 1.98. The maximum absolute atomic E-state index is 9.14. The number of methoxy groups -OCH3 is 1. The van der Waals surface area contributed by atoms with E-state index >= 15 is 0 Å². The van der Waals surface area contributed by atoms with E-state index in [-0.39, 0.29) is 12.0 Å². The van der Waals surface area contributed by atoms with Crippen LogP contribution in [0.15, 0.2) is 0 Å². The molecule has 3 unspecified atom stereocenters. The fourth-order valence-electron chi connectivity index (χ4n) is 0.879. The van der Waals surface area contributed by atoms with Crippen LogP contribution < -0.4 is 0 Å². The Hall–Kier alpha value is -0.120. The quantitative estimate of drug-likeness (QED) is 0.586. The van der Waals surface area contributed by atoms with Gasteiger partial charge in [0.1, 0.15) is 0 Å². The highest BCUT2D eigenvalue weighted by Gasteiger charge is 2.13. The van der Waals surface area contributed by atoms with E-state index in [1.807, 2.05) is 6.92 Å². The molecule has 0 aliphatic rings. The fraction of sp³-hybridized carbons (Fsp3) is 1.00. The predicted octanol–water partition coefficient (Wildman–Crippen LogP) is 0.748. The van der Waals surface area contributed by atoms with Crippen molar-refractivity contribution in [1.29, 1.82) is 0 Å². The topological polar surface area (TPSA) is 49.7 Å². The highest BCUT2D eigenvalue weighted by Crippen LogP contribution is 2.12. The molecule has 0 saturated carbocycles. The fourth-order valence-corrected chi connectivity index (χ4v) is 0.879. The molecule has 3 nitrogen and oxygen atoms in total. The first-order valence-corrected chi connectivity index (χ1v) is 3.96. The van der Waals surface area contributed by atoms with Gasteiger partial charge >= 0.3 is 0 Å². The monoisotopic (exact) mass is 162 g/mol. The molecule has 0 heterocycles. The minimum absolute atomic E-state index is 0.0922. The maximum atomic E-state index is 9.14. The van der Waals surface area contributed by atoms with E-state index in [4.69, 9.17) is 14.9 Å². The van der Waals surface area contributed by atoms with Gasteiger partial charge in [-0.1, -0.05) is 6.92 Å². The van der Waals surface area contributed by atoms with Gasteiger partial charge in [-0.05, 0) is 19.8 Å². The Balaban J connectivity index is 3.43. The van der Waals surface area contributed by atoms with Gasteiger partial charge < -0.3 is 14.9 Å². The summed E-state index contributed by atoms with van der Waals surface area (Å²) in [6.07, 6.45) is 0.504. The minimum atomic E-state index is -0.700. The van der Waals surface area contributed by atoms with E-state index in [1.54, 1.807) is 6.92 Å². The van der Waals surface area contributed by atoms with Crippen LogP contribution in [0.5, 0.6) is 0 Å². The van der Waals surface area contributed by atoms with Crippen LogP contribution in [0.3, 0.4) is 0 Å². The standard InChI is InChI=1S/C8H18O3/c1-6(8(10)11-3)4-5-7(2)9/h6-10H,4-5H2,1-3H3. The summed E-state index contributed by atoms with van der Waals surface area (Å²) in [4.78, 5) is 0. The molecule has 2 N–H and O–H groups in total. The lowest BCUT2D eigenvalue weighted by atomic mass is 10.0. The summed E-state index contributed by atoms with van der Waals surface area (Å²) in [6.45, 7) is 3.64. The normalized spacial score (nSPS) is 19.4. The van der Waals surface area contributed by atoms with Gasteiger partial charge in [-0.3, -0.25) is 0 Å². The Labute approximate surface area is 68.0 Å². The summed E-state index contributed by atoms with van der Waals surface area (Å²) >= 11 is 0. The zero-order chi connectivity index (χ0) is 8.85. The molecule has 11 heavy (non-hydrogen) atoms. The second-order valence-electron chi connectivity index (χ2n) is 3.03. The average molecular weight is 162 g/mol. The highest BCUT2D eigenvalue weighted by molar-refractivity contribution is 4.57. The van der Waals surface area contributed by atoms with Crippen LogP contribution in [0.2, 0.25) is 0 Å². The van der Waals surface area contributed by atoms with E-state index in [9.17, 15) is 0 Å². The number of hydrogen-bond donors (Lipinski definition) is 2. The van der Waals surface area contributed by atoms with Gasteiger partial charge in [-0.25, -0.2) is 0 Å². The van der Waals surface area contributed by atoms with Crippen molar-refractivity contribution in [2.45, 2.75) is 39.1 Å². The Morgan fingerprint density at radius 1 is 1.18 bits per heavy atom. The summed E-state index contributed by atoms with van der Waals surface area (Å²) in [5, 5.41) is 18.1. The van der Waals surface area contributed by atoms with Crippen molar-refractivity contribution in [2.24, 2.45) is 5.92 Å². The molecule has 3 heteroatoms. The van der Waals surface area contributed by atoms with E-state index < -0.39 is 6.29 Å². The summed E-state index contributed by atoms with van der Waals surface area (Å²) in [6, 6.07) is 0. The summed E-state index contributed by atoms with van der Waals surface area (Å²) < 4.78 is 4.72. The molecule has 0 radical (unpaired) electrons. The molecule has 3 atom stereocenters. The molecule has 0 aliphatic carbocycles. The molecule has 0 amide bonds. The number of rotatable bonds is 5. The minimum Gasteiger partial charge on any atom is -0.393 e. The van der Waals surface area contributed by atoms with Crippen LogP contribution in [0.1, 0.15) is 26.7 Å². The van der Waals surface area contributed by atoms with E-state index in [1.165, 1.54) is 7.11 Å². The molecule has 0 saturated heterocycles. The Morgan fingerprint density at radius 3 is 2.09 bits per heavy atom. The van der Waals surface area contributed by atoms with Crippen LogP contribution >= 0.6 is 0 Å². The molecule has 0 spiro atoms. The van der Waals surface area contributed by atoms with Crippen molar-refractivity contribution in [3.05, 3.63) is 0 Å². The lowest BCUT2D eigenvalue weighted by Gasteiger charge is -2.17. The summed E-state index contributed by atoms with van der Waals surface area (Å²) in [7, 11) is 1.48. The molecule has 0 rings (SSSR count). The van der Waals surface area contributed by atoms with Gasteiger partial charge in [0.15, 0.2) is 6.29 Å². The molecule has 68 valence electrons. The van der Waals surface area contributed by atoms with Gasteiger partial charge in [0.2, 0.25) is 0 Å². The van der Waals surface area contributed by atoms with Crippen LogP contribution in [0.25, 0.3) is 0 Å². The van der Waals surface area contributed by atoms with Crippen LogP contribution in [0, 0.1) is 5.92 Å². The van der Waals surface area contributed by atoms with Gasteiger partial charge in [-0.2, -0.15) is 0 Å². The largest absolute Gasteiger partial charge is 0.393 e. The van der Waals surface area contributed by atoms with Crippen molar-refractivity contribution in [3.63, 3.8) is 0 Å². The van der Waals surface area contributed by atoms with Crippen LogP contribution in [-0.4, -0.2) is 29.7 Å².